The molecule has 2 nitrogen and oxygen atoms in total. The van der Waals surface area contributed by atoms with E-state index in [0.717, 1.165) is 24.2 Å². The van der Waals surface area contributed by atoms with Crippen LogP contribution in [0.25, 0.3) is 10.8 Å². The number of ether oxygens (including phenoxy) is 1. The van der Waals surface area contributed by atoms with E-state index in [1.54, 1.807) is 18.4 Å². The van der Waals surface area contributed by atoms with Crippen LogP contribution in [0.15, 0.2) is 52.3 Å². The molecule has 0 aliphatic heterocycles. The van der Waals surface area contributed by atoms with Gasteiger partial charge in [0.05, 0.1) is 10.9 Å². The molecule has 4 heteroatoms. The van der Waals surface area contributed by atoms with Crippen molar-refractivity contribution in [1.82, 2.24) is 5.32 Å². The Hall–Kier alpha value is -1.36. The summed E-state index contributed by atoms with van der Waals surface area (Å²) in [7, 11) is 1.72. The fourth-order valence-electron chi connectivity index (χ4n) is 2.43. The second-order valence-corrected chi connectivity index (χ2v) is 7.33. The van der Waals surface area contributed by atoms with Crippen molar-refractivity contribution in [3.63, 3.8) is 0 Å². The number of nitrogens with one attached hydrogen (secondary N) is 1. The predicted molar refractivity (Wildman–Crippen MR) is 93.1 cm³/mol. The molecule has 3 rings (SSSR count). The van der Waals surface area contributed by atoms with Crippen molar-refractivity contribution in [3.05, 3.63) is 62.8 Å². The highest BCUT2D eigenvalue weighted by atomic mass is 79.9. The van der Waals surface area contributed by atoms with E-state index in [1.165, 1.54) is 19.6 Å². The number of benzene rings is 2. The number of hydrogen-bond acceptors (Lipinski definition) is 3. The molecule has 0 fully saturated rings. The molecule has 0 bridgehead atoms. The molecule has 0 atom stereocenters. The first-order chi connectivity index (χ1) is 10.3. The molecule has 0 saturated heterocycles. The Balaban J connectivity index is 1.78. The standard InChI is InChI=1S/C17H16BrNOS/c1-20-16-8-6-12(14-4-2-3-5-15(14)16)10-19-11-13-7-9-17(18)21-13/h2-9,19H,10-11H2,1H3. The minimum Gasteiger partial charge on any atom is -0.496 e. The van der Waals surface area contributed by atoms with Crippen LogP contribution in [0.2, 0.25) is 0 Å². The van der Waals surface area contributed by atoms with Crippen molar-refractivity contribution < 1.29 is 4.74 Å². The number of halogens is 1. The summed E-state index contributed by atoms with van der Waals surface area (Å²) in [4.78, 5) is 1.33. The largest absolute Gasteiger partial charge is 0.496 e. The third-order valence-electron chi connectivity index (χ3n) is 3.44. The van der Waals surface area contributed by atoms with Crippen LogP contribution in [0.1, 0.15) is 10.4 Å². The maximum Gasteiger partial charge on any atom is 0.126 e. The molecule has 1 aromatic heterocycles. The Morgan fingerprint density at radius 3 is 2.52 bits per heavy atom. The number of fused-ring (bicyclic) bond motifs is 1. The van der Waals surface area contributed by atoms with E-state index in [1.807, 2.05) is 12.1 Å². The van der Waals surface area contributed by atoms with Gasteiger partial charge in [-0.15, -0.1) is 11.3 Å². The molecule has 1 heterocycles. The summed E-state index contributed by atoms with van der Waals surface area (Å²) < 4.78 is 6.61. The molecule has 21 heavy (non-hydrogen) atoms. The van der Waals surface area contributed by atoms with Crippen LogP contribution in [0.4, 0.5) is 0 Å². The van der Waals surface area contributed by atoms with Crippen LogP contribution in [-0.2, 0) is 13.1 Å². The molecule has 1 N–H and O–H groups in total. The van der Waals surface area contributed by atoms with Gasteiger partial charge in [0.15, 0.2) is 0 Å². The second-order valence-electron chi connectivity index (χ2n) is 4.78. The Morgan fingerprint density at radius 1 is 1.00 bits per heavy atom. The minimum absolute atomic E-state index is 0.847. The number of methoxy groups -OCH3 is 1. The molecule has 0 aliphatic rings. The Labute approximate surface area is 136 Å². The third kappa shape index (κ3) is 3.28. The summed E-state index contributed by atoms with van der Waals surface area (Å²) in [6.45, 7) is 1.73. The lowest BCUT2D eigenvalue weighted by Crippen LogP contribution is -2.12. The summed E-state index contributed by atoms with van der Waals surface area (Å²) in [5.74, 6) is 0.927. The molecule has 0 aliphatic carbocycles. The van der Waals surface area contributed by atoms with E-state index >= 15 is 0 Å². The summed E-state index contributed by atoms with van der Waals surface area (Å²) in [5, 5.41) is 5.92. The van der Waals surface area contributed by atoms with Crippen molar-refractivity contribution in [3.8, 4) is 5.75 Å². The van der Waals surface area contributed by atoms with Crippen LogP contribution in [0.5, 0.6) is 5.75 Å². The van der Waals surface area contributed by atoms with E-state index in [4.69, 9.17) is 4.74 Å². The summed E-state index contributed by atoms with van der Waals surface area (Å²) in [6.07, 6.45) is 0. The van der Waals surface area contributed by atoms with Crippen LogP contribution in [0.3, 0.4) is 0 Å². The molecule has 0 unspecified atom stereocenters. The van der Waals surface area contributed by atoms with Crippen LogP contribution < -0.4 is 10.1 Å². The normalized spacial score (nSPS) is 11.0. The maximum absolute atomic E-state index is 5.44. The van der Waals surface area contributed by atoms with Gasteiger partial charge in [-0.3, -0.25) is 0 Å². The Bertz CT molecular complexity index is 753. The third-order valence-corrected chi connectivity index (χ3v) is 5.06. The monoisotopic (exact) mass is 361 g/mol. The topological polar surface area (TPSA) is 21.3 Å². The molecule has 3 aromatic rings. The van der Waals surface area contributed by atoms with E-state index < -0.39 is 0 Å². The van der Waals surface area contributed by atoms with Crippen molar-refractivity contribution in [1.29, 1.82) is 0 Å². The first kappa shape index (κ1) is 14.6. The van der Waals surface area contributed by atoms with Crippen molar-refractivity contribution in [2.24, 2.45) is 0 Å². The van der Waals surface area contributed by atoms with Gasteiger partial charge in [0, 0.05) is 23.4 Å². The average molecular weight is 362 g/mol. The number of thiophene rings is 1. The molecular weight excluding hydrogens is 346 g/mol. The fourth-order valence-corrected chi connectivity index (χ4v) is 3.89. The van der Waals surface area contributed by atoms with Gasteiger partial charge in [-0.2, -0.15) is 0 Å². The first-order valence-corrected chi connectivity index (χ1v) is 8.38. The summed E-state index contributed by atoms with van der Waals surface area (Å²) in [5.41, 5.74) is 1.29. The van der Waals surface area contributed by atoms with E-state index in [0.29, 0.717) is 0 Å². The van der Waals surface area contributed by atoms with Crippen LogP contribution in [0, 0.1) is 0 Å². The van der Waals surface area contributed by atoms with E-state index in [9.17, 15) is 0 Å². The average Bonchev–Trinajstić information content (AvgIpc) is 2.93. The highest BCUT2D eigenvalue weighted by Crippen LogP contribution is 2.28. The Kier molecular flexibility index (Phi) is 4.58. The maximum atomic E-state index is 5.44. The molecule has 108 valence electrons. The molecule has 0 amide bonds. The van der Waals surface area contributed by atoms with Gasteiger partial charge < -0.3 is 10.1 Å². The second kappa shape index (κ2) is 6.60. The van der Waals surface area contributed by atoms with Crippen LogP contribution in [-0.4, -0.2) is 7.11 Å². The minimum atomic E-state index is 0.847. The van der Waals surface area contributed by atoms with Gasteiger partial charge in [-0.1, -0.05) is 30.3 Å². The summed E-state index contributed by atoms with van der Waals surface area (Å²) >= 11 is 5.26. The lowest BCUT2D eigenvalue weighted by atomic mass is 10.0. The number of rotatable bonds is 5. The van der Waals surface area contributed by atoms with E-state index in [-0.39, 0.29) is 0 Å². The zero-order valence-corrected chi connectivity index (χ0v) is 14.1. The van der Waals surface area contributed by atoms with Gasteiger partial charge in [0.1, 0.15) is 5.75 Å². The zero-order valence-electron chi connectivity index (χ0n) is 11.7. The molecular formula is C17H16BrNOS. The van der Waals surface area contributed by atoms with Gasteiger partial charge in [0.2, 0.25) is 0 Å². The first-order valence-electron chi connectivity index (χ1n) is 6.77. The highest BCUT2D eigenvalue weighted by Gasteiger charge is 2.06. The highest BCUT2D eigenvalue weighted by molar-refractivity contribution is 9.11. The lowest BCUT2D eigenvalue weighted by molar-refractivity contribution is 0.419. The molecule has 2 aromatic carbocycles. The van der Waals surface area contributed by atoms with Gasteiger partial charge in [0.25, 0.3) is 0 Å². The molecule has 0 spiro atoms. The van der Waals surface area contributed by atoms with Crippen LogP contribution >= 0.6 is 27.3 Å². The van der Waals surface area contributed by atoms with E-state index in [2.05, 4.69) is 57.6 Å². The smallest absolute Gasteiger partial charge is 0.126 e. The quantitative estimate of drug-likeness (QED) is 0.693. The van der Waals surface area contributed by atoms with Crippen molar-refractivity contribution >= 4 is 38.0 Å². The SMILES string of the molecule is COc1ccc(CNCc2ccc(Br)s2)c2ccccc12. The van der Waals surface area contributed by atoms with Gasteiger partial charge in [-0.05, 0) is 45.1 Å². The zero-order chi connectivity index (χ0) is 14.7. The van der Waals surface area contributed by atoms with Gasteiger partial charge in [-0.25, -0.2) is 0 Å². The van der Waals surface area contributed by atoms with Crippen molar-refractivity contribution in [2.75, 3.05) is 7.11 Å². The Morgan fingerprint density at radius 2 is 1.81 bits per heavy atom. The van der Waals surface area contributed by atoms with Gasteiger partial charge >= 0.3 is 0 Å². The fraction of sp³-hybridized carbons (Fsp3) is 0.176. The molecule has 0 radical (unpaired) electrons. The number of hydrogen-bond donors (Lipinski definition) is 1. The lowest BCUT2D eigenvalue weighted by Gasteiger charge is -2.11. The van der Waals surface area contributed by atoms with Crippen molar-refractivity contribution in [2.45, 2.75) is 13.1 Å². The molecule has 0 saturated carbocycles. The predicted octanol–water partition coefficient (Wildman–Crippen LogP) is 4.96. The summed E-state index contributed by atoms with van der Waals surface area (Å²) in [6, 6.07) is 16.8.